The average Bonchev–Trinajstić information content (AvgIpc) is 3.16. The first kappa shape index (κ1) is 16.5. The Bertz CT molecular complexity index is 726. The summed E-state index contributed by atoms with van der Waals surface area (Å²) in [6.07, 6.45) is 2.40. The summed E-state index contributed by atoms with van der Waals surface area (Å²) in [6.45, 7) is 3.35. The van der Waals surface area contributed by atoms with Gasteiger partial charge in [-0.25, -0.2) is 4.79 Å². The first-order chi connectivity index (χ1) is 11.1. The molecule has 1 aliphatic heterocycles. The van der Waals surface area contributed by atoms with Crippen LogP contribution >= 0.6 is 27.5 Å². The van der Waals surface area contributed by atoms with E-state index in [4.69, 9.17) is 21.1 Å². The topological polar surface area (TPSA) is 53.3 Å². The van der Waals surface area contributed by atoms with Crippen molar-refractivity contribution in [1.82, 2.24) is 9.78 Å². The van der Waals surface area contributed by atoms with E-state index in [-0.39, 0.29) is 6.04 Å². The second-order valence-electron chi connectivity index (χ2n) is 5.21. The van der Waals surface area contributed by atoms with Crippen LogP contribution < -0.4 is 0 Å². The smallest absolute Gasteiger partial charge is 0.341 e. The number of carbonyl (C=O) groups excluding carboxylic acids is 1. The monoisotopic (exact) mass is 398 g/mol. The lowest BCUT2D eigenvalue weighted by atomic mass is 10.1. The van der Waals surface area contributed by atoms with Crippen molar-refractivity contribution in [2.24, 2.45) is 0 Å². The minimum absolute atomic E-state index is 0.0906. The Balaban J connectivity index is 2.13. The van der Waals surface area contributed by atoms with Crippen LogP contribution in [-0.2, 0) is 9.47 Å². The van der Waals surface area contributed by atoms with E-state index in [9.17, 15) is 4.79 Å². The lowest BCUT2D eigenvalue weighted by molar-refractivity contribution is 0.0527. The number of benzene rings is 1. The van der Waals surface area contributed by atoms with Crippen LogP contribution in [0.25, 0.3) is 11.3 Å². The minimum atomic E-state index is -0.397. The number of aromatic nitrogens is 2. The minimum Gasteiger partial charge on any atom is -0.462 e. The molecule has 0 bridgehead atoms. The molecule has 0 saturated carbocycles. The van der Waals surface area contributed by atoms with Gasteiger partial charge < -0.3 is 9.47 Å². The van der Waals surface area contributed by atoms with E-state index in [2.05, 4.69) is 21.0 Å². The van der Waals surface area contributed by atoms with Crippen molar-refractivity contribution < 1.29 is 14.3 Å². The van der Waals surface area contributed by atoms with Crippen LogP contribution in [0.1, 0.15) is 29.7 Å². The third kappa shape index (κ3) is 3.29. The first-order valence-electron chi connectivity index (χ1n) is 7.39. The van der Waals surface area contributed by atoms with E-state index >= 15 is 0 Å². The van der Waals surface area contributed by atoms with E-state index in [1.54, 1.807) is 19.2 Å². The standard InChI is InChI=1S/C16H16BrClN2O3/c1-2-23-16(21)13-8-19-20(11-5-6-22-9-11)15(13)12-4-3-10(17)7-14(12)18/h3-4,7-8,11H,2,5-6,9H2,1H3. The highest BCUT2D eigenvalue weighted by atomic mass is 79.9. The van der Waals surface area contributed by atoms with Crippen molar-refractivity contribution in [3.05, 3.63) is 39.5 Å². The molecule has 3 rings (SSSR count). The number of ether oxygens (including phenoxy) is 2. The summed E-state index contributed by atoms with van der Waals surface area (Å²) in [4.78, 5) is 12.3. The maximum Gasteiger partial charge on any atom is 0.341 e. The zero-order chi connectivity index (χ0) is 16.4. The number of nitrogens with zero attached hydrogens (tertiary/aromatic N) is 2. The van der Waals surface area contributed by atoms with Gasteiger partial charge in [-0.3, -0.25) is 4.68 Å². The van der Waals surface area contributed by atoms with Crippen molar-refractivity contribution in [2.75, 3.05) is 19.8 Å². The summed E-state index contributed by atoms with van der Waals surface area (Å²) < 4.78 is 13.3. The maximum absolute atomic E-state index is 12.3. The summed E-state index contributed by atoms with van der Waals surface area (Å²) >= 11 is 9.80. The molecule has 1 atom stereocenters. The van der Waals surface area contributed by atoms with Gasteiger partial charge in [0.05, 0.1) is 36.2 Å². The van der Waals surface area contributed by atoms with Gasteiger partial charge in [-0.15, -0.1) is 0 Å². The predicted octanol–water partition coefficient (Wildman–Crippen LogP) is 4.10. The van der Waals surface area contributed by atoms with Gasteiger partial charge in [-0.1, -0.05) is 33.6 Å². The molecule has 23 heavy (non-hydrogen) atoms. The lowest BCUT2D eigenvalue weighted by Crippen LogP contribution is -2.13. The molecular formula is C16H16BrClN2O3. The van der Waals surface area contributed by atoms with Crippen molar-refractivity contribution in [3.8, 4) is 11.3 Å². The summed E-state index contributed by atoms with van der Waals surface area (Å²) in [5, 5.41) is 4.95. The molecule has 1 aromatic heterocycles. The number of halogens is 2. The van der Waals surface area contributed by atoms with Gasteiger partial charge in [0, 0.05) is 16.6 Å². The molecule has 2 aromatic rings. The molecule has 0 amide bonds. The van der Waals surface area contributed by atoms with Gasteiger partial charge in [0.25, 0.3) is 0 Å². The van der Waals surface area contributed by atoms with Gasteiger partial charge in [0.2, 0.25) is 0 Å². The zero-order valence-electron chi connectivity index (χ0n) is 12.6. The second-order valence-corrected chi connectivity index (χ2v) is 6.54. The Labute approximate surface area is 147 Å². The molecular weight excluding hydrogens is 384 g/mol. The quantitative estimate of drug-likeness (QED) is 0.726. The molecule has 0 N–H and O–H groups in total. The number of carbonyl (C=O) groups is 1. The third-order valence-corrected chi connectivity index (χ3v) is 4.53. The molecule has 0 spiro atoms. The number of hydrogen-bond acceptors (Lipinski definition) is 4. The normalized spacial score (nSPS) is 17.4. The molecule has 7 heteroatoms. The highest BCUT2D eigenvalue weighted by Crippen LogP contribution is 2.35. The van der Waals surface area contributed by atoms with Crippen LogP contribution in [0.5, 0.6) is 0 Å². The molecule has 122 valence electrons. The summed E-state index contributed by atoms with van der Waals surface area (Å²) in [6, 6.07) is 5.65. The molecule has 0 radical (unpaired) electrons. The van der Waals surface area contributed by atoms with E-state index < -0.39 is 5.97 Å². The van der Waals surface area contributed by atoms with E-state index in [0.717, 1.165) is 16.5 Å². The SMILES string of the molecule is CCOC(=O)c1cnn(C2CCOC2)c1-c1ccc(Br)cc1Cl. The fourth-order valence-electron chi connectivity index (χ4n) is 2.66. The van der Waals surface area contributed by atoms with Crippen LogP contribution in [0.4, 0.5) is 0 Å². The molecule has 0 aliphatic carbocycles. The van der Waals surface area contributed by atoms with E-state index in [0.29, 0.717) is 36.1 Å². The van der Waals surface area contributed by atoms with Crippen molar-refractivity contribution >= 4 is 33.5 Å². The largest absolute Gasteiger partial charge is 0.462 e. The van der Waals surface area contributed by atoms with Crippen LogP contribution in [0, 0.1) is 0 Å². The summed E-state index contributed by atoms with van der Waals surface area (Å²) in [7, 11) is 0. The zero-order valence-corrected chi connectivity index (χ0v) is 14.9. The Kier molecular flexibility index (Phi) is 5.04. The fraction of sp³-hybridized carbons (Fsp3) is 0.375. The molecule has 1 aliphatic rings. The fourth-order valence-corrected chi connectivity index (χ4v) is 3.43. The molecule has 2 heterocycles. The van der Waals surface area contributed by atoms with Gasteiger partial charge in [0.15, 0.2) is 0 Å². The number of esters is 1. The maximum atomic E-state index is 12.3. The molecule has 1 saturated heterocycles. The van der Waals surface area contributed by atoms with Crippen molar-refractivity contribution in [2.45, 2.75) is 19.4 Å². The summed E-state index contributed by atoms with van der Waals surface area (Å²) in [5.74, 6) is -0.397. The Hall–Kier alpha value is -1.37. The number of rotatable bonds is 4. The van der Waals surface area contributed by atoms with Gasteiger partial charge >= 0.3 is 5.97 Å². The van der Waals surface area contributed by atoms with Gasteiger partial charge in [-0.05, 0) is 25.5 Å². The predicted molar refractivity (Wildman–Crippen MR) is 90.8 cm³/mol. The van der Waals surface area contributed by atoms with Crippen molar-refractivity contribution in [3.63, 3.8) is 0 Å². The third-order valence-electron chi connectivity index (χ3n) is 3.73. The molecule has 1 aromatic carbocycles. The van der Waals surface area contributed by atoms with Crippen LogP contribution in [0.2, 0.25) is 5.02 Å². The molecule has 5 nitrogen and oxygen atoms in total. The van der Waals surface area contributed by atoms with Crippen LogP contribution in [-0.4, -0.2) is 35.6 Å². The molecule has 1 fully saturated rings. The Morgan fingerprint density at radius 2 is 2.39 bits per heavy atom. The highest BCUT2D eigenvalue weighted by Gasteiger charge is 2.27. The lowest BCUT2D eigenvalue weighted by Gasteiger charge is -2.15. The van der Waals surface area contributed by atoms with Gasteiger partial charge in [-0.2, -0.15) is 5.10 Å². The summed E-state index contributed by atoms with van der Waals surface area (Å²) in [5.41, 5.74) is 1.85. The Morgan fingerprint density at radius 1 is 1.57 bits per heavy atom. The Morgan fingerprint density at radius 3 is 3.04 bits per heavy atom. The second kappa shape index (κ2) is 7.03. The average molecular weight is 400 g/mol. The number of hydrogen-bond donors (Lipinski definition) is 0. The van der Waals surface area contributed by atoms with Crippen LogP contribution in [0.15, 0.2) is 28.9 Å². The van der Waals surface area contributed by atoms with E-state index in [1.807, 2.05) is 16.8 Å². The molecule has 1 unspecified atom stereocenters. The first-order valence-corrected chi connectivity index (χ1v) is 8.56. The van der Waals surface area contributed by atoms with Crippen molar-refractivity contribution in [1.29, 1.82) is 0 Å². The van der Waals surface area contributed by atoms with Gasteiger partial charge in [0.1, 0.15) is 5.56 Å². The van der Waals surface area contributed by atoms with E-state index in [1.165, 1.54) is 0 Å². The van der Waals surface area contributed by atoms with Crippen LogP contribution in [0.3, 0.4) is 0 Å². The highest BCUT2D eigenvalue weighted by molar-refractivity contribution is 9.10.